The summed E-state index contributed by atoms with van der Waals surface area (Å²) in [6, 6.07) is 21.6. The molecule has 0 aromatic heterocycles. The second-order valence-electron chi connectivity index (χ2n) is 8.86. The highest BCUT2D eigenvalue weighted by Crippen LogP contribution is 2.38. The van der Waals surface area contributed by atoms with Gasteiger partial charge in [-0.3, -0.25) is 4.90 Å². The van der Waals surface area contributed by atoms with Crippen LogP contribution >= 0.6 is 0 Å². The van der Waals surface area contributed by atoms with Crippen molar-refractivity contribution in [3.63, 3.8) is 0 Å². The summed E-state index contributed by atoms with van der Waals surface area (Å²) in [6.07, 6.45) is 6.40. The lowest BCUT2D eigenvalue weighted by atomic mass is 9.73. The maximum atomic E-state index is 2.64. The standard InChI is InChI=1S/C26H37N/c1-20(2)27(21(3)4)18-10-15-26(23-12-6-5-7-13-23)25-17-16-22-11-8-9-14-24(22)19-25/h5-9,11-14,20-21,25-26H,10,15-19H2,1-4H3. The Kier molecular flexibility index (Phi) is 7.13. The molecule has 0 heterocycles. The molecular formula is C26H37N. The zero-order valence-corrected chi connectivity index (χ0v) is 17.7. The average molecular weight is 364 g/mol. The molecule has 2 atom stereocenters. The number of aryl methyl sites for hydroxylation is 1. The van der Waals surface area contributed by atoms with Crippen LogP contribution in [0.4, 0.5) is 0 Å². The molecule has 3 rings (SSSR count). The van der Waals surface area contributed by atoms with Crippen LogP contribution in [-0.2, 0) is 12.8 Å². The minimum atomic E-state index is 0.627. The van der Waals surface area contributed by atoms with Gasteiger partial charge in [-0.05, 0) is 94.9 Å². The van der Waals surface area contributed by atoms with Gasteiger partial charge in [-0.25, -0.2) is 0 Å². The van der Waals surface area contributed by atoms with E-state index in [1.807, 2.05) is 0 Å². The van der Waals surface area contributed by atoms with Crippen LogP contribution in [0.2, 0.25) is 0 Å². The van der Waals surface area contributed by atoms with Crippen LogP contribution in [0.15, 0.2) is 54.6 Å². The highest BCUT2D eigenvalue weighted by atomic mass is 15.2. The van der Waals surface area contributed by atoms with Crippen molar-refractivity contribution in [3.05, 3.63) is 71.3 Å². The molecule has 0 amide bonds. The van der Waals surface area contributed by atoms with Gasteiger partial charge in [0, 0.05) is 12.1 Å². The van der Waals surface area contributed by atoms with Gasteiger partial charge < -0.3 is 0 Å². The third-order valence-corrected chi connectivity index (χ3v) is 6.44. The van der Waals surface area contributed by atoms with Crippen molar-refractivity contribution in [2.75, 3.05) is 6.54 Å². The zero-order chi connectivity index (χ0) is 19.2. The average Bonchev–Trinajstić information content (AvgIpc) is 2.68. The molecule has 0 spiro atoms. The van der Waals surface area contributed by atoms with E-state index in [2.05, 4.69) is 87.2 Å². The molecule has 146 valence electrons. The fraction of sp³-hybridized carbons (Fsp3) is 0.538. The maximum absolute atomic E-state index is 2.64. The first-order valence-electron chi connectivity index (χ1n) is 10.9. The summed E-state index contributed by atoms with van der Waals surface area (Å²) in [5.74, 6) is 1.45. The summed E-state index contributed by atoms with van der Waals surface area (Å²) in [6.45, 7) is 10.5. The Bertz CT molecular complexity index is 680. The molecule has 0 aliphatic heterocycles. The number of rotatable bonds is 8. The molecule has 0 saturated carbocycles. The van der Waals surface area contributed by atoms with Crippen molar-refractivity contribution in [3.8, 4) is 0 Å². The van der Waals surface area contributed by atoms with Crippen molar-refractivity contribution in [2.24, 2.45) is 5.92 Å². The molecule has 2 unspecified atom stereocenters. The molecule has 2 aromatic rings. The van der Waals surface area contributed by atoms with Crippen molar-refractivity contribution >= 4 is 0 Å². The highest BCUT2D eigenvalue weighted by molar-refractivity contribution is 5.31. The topological polar surface area (TPSA) is 3.24 Å². The number of fused-ring (bicyclic) bond motifs is 1. The van der Waals surface area contributed by atoms with E-state index in [0.29, 0.717) is 18.0 Å². The molecule has 27 heavy (non-hydrogen) atoms. The van der Waals surface area contributed by atoms with Gasteiger partial charge in [0.1, 0.15) is 0 Å². The number of benzene rings is 2. The Labute approximate surface area is 166 Å². The van der Waals surface area contributed by atoms with Gasteiger partial charge >= 0.3 is 0 Å². The second kappa shape index (κ2) is 9.55. The third-order valence-electron chi connectivity index (χ3n) is 6.44. The predicted molar refractivity (Wildman–Crippen MR) is 117 cm³/mol. The zero-order valence-electron chi connectivity index (χ0n) is 17.7. The lowest BCUT2D eigenvalue weighted by Crippen LogP contribution is -2.37. The van der Waals surface area contributed by atoms with Gasteiger partial charge in [0.25, 0.3) is 0 Å². The molecule has 1 aliphatic carbocycles. The summed E-state index contributed by atoms with van der Waals surface area (Å²) in [5, 5.41) is 0. The predicted octanol–water partition coefficient (Wildman–Crippen LogP) is 6.47. The van der Waals surface area contributed by atoms with Crippen LogP contribution in [0.1, 0.15) is 69.6 Å². The smallest absolute Gasteiger partial charge is 0.00412 e. The molecule has 1 nitrogen and oxygen atoms in total. The van der Waals surface area contributed by atoms with Crippen molar-refractivity contribution < 1.29 is 0 Å². The van der Waals surface area contributed by atoms with Crippen molar-refractivity contribution in [1.82, 2.24) is 4.90 Å². The Morgan fingerprint density at radius 2 is 1.48 bits per heavy atom. The quantitative estimate of drug-likeness (QED) is 0.519. The van der Waals surface area contributed by atoms with Gasteiger partial charge in [-0.1, -0.05) is 54.6 Å². The lowest BCUT2D eigenvalue weighted by molar-refractivity contribution is 0.168. The fourth-order valence-corrected chi connectivity index (χ4v) is 5.05. The molecule has 0 N–H and O–H groups in total. The van der Waals surface area contributed by atoms with Crippen molar-refractivity contribution in [2.45, 2.75) is 77.8 Å². The SMILES string of the molecule is CC(C)N(CCCC(c1ccccc1)C1CCc2ccccc2C1)C(C)C. The minimum Gasteiger partial charge on any atom is -0.299 e. The van der Waals surface area contributed by atoms with Crippen LogP contribution in [0, 0.1) is 5.92 Å². The Balaban J connectivity index is 1.71. The van der Waals surface area contributed by atoms with E-state index in [1.165, 1.54) is 38.6 Å². The summed E-state index contributed by atoms with van der Waals surface area (Å²) >= 11 is 0. The summed E-state index contributed by atoms with van der Waals surface area (Å²) in [7, 11) is 0. The summed E-state index contributed by atoms with van der Waals surface area (Å²) in [5.41, 5.74) is 4.70. The molecule has 0 saturated heterocycles. The first kappa shape index (κ1) is 20.1. The number of hydrogen-bond donors (Lipinski definition) is 0. The van der Waals surface area contributed by atoms with E-state index in [-0.39, 0.29) is 0 Å². The van der Waals surface area contributed by atoms with E-state index < -0.39 is 0 Å². The van der Waals surface area contributed by atoms with E-state index in [4.69, 9.17) is 0 Å². The highest BCUT2D eigenvalue weighted by Gasteiger charge is 2.27. The van der Waals surface area contributed by atoms with E-state index >= 15 is 0 Å². The van der Waals surface area contributed by atoms with Gasteiger partial charge in [0.15, 0.2) is 0 Å². The fourth-order valence-electron chi connectivity index (χ4n) is 5.05. The number of hydrogen-bond acceptors (Lipinski definition) is 1. The molecule has 1 heteroatoms. The monoisotopic (exact) mass is 363 g/mol. The Hall–Kier alpha value is -1.60. The van der Waals surface area contributed by atoms with Crippen LogP contribution in [0.5, 0.6) is 0 Å². The molecule has 2 aromatic carbocycles. The van der Waals surface area contributed by atoms with Gasteiger partial charge in [-0.2, -0.15) is 0 Å². The first-order valence-corrected chi connectivity index (χ1v) is 10.9. The van der Waals surface area contributed by atoms with E-state index in [1.54, 1.807) is 16.7 Å². The first-order chi connectivity index (χ1) is 13.1. The number of nitrogens with zero attached hydrogens (tertiary/aromatic N) is 1. The van der Waals surface area contributed by atoms with Crippen LogP contribution in [0.25, 0.3) is 0 Å². The van der Waals surface area contributed by atoms with Crippen molar-refractivity contribution in [1.29, 1.82) is 0 Å². The van der Waals surface area contributed by atoms with E-state index in [9.17, 15) is 0 Å². The lowest BCUT2D eigenvalue weighted by Gasteiger charge is -2.34. The van der Waals surface area contributed by atoms with E-state index in [0.717, 1.165) is 5.92 Å². The summed E-state index contributed by atoms with van der Waals surface area (Å²) < 4.78 is 0. The molecule has 0 bridgehead atoms. The normalized spacial score (nSPS) is 18.1. The largest absolute Gasteiger partial charge is 0.299 e. The third kappa shape index (κ3) is 5.23. The Morgan fingerprint density at radius 1 is 0.852 bits per heavy atom. The maximum Gasteiger partial charge on any atom is 0.00412 e. The second-order valence-corrected chi connectivity index (χ2v) is 8.86. The Morgan fingerprint density at radius 3 is 2.15 bits per heavy atom. The summed E-state index contributed by atoms with van der Waals surface area (Å²) in [4.78, 5) is 2.64. The minimum absolute atomic E-state index is 0.627. The van der Waals surface area contributed by atoms with Gasteiger partial charge in [-0.15, -0.1) is 0 Å². The molecular weight excluding hydrogens is 326 g/mol. The molecule has 0 fully saturated rings. The van der Waals surface area contributed by atoms with Crippen LogP contribution < -0.4 is 0 Å². The molecule has 1 aliphatic rings. The van der Waals surface area contributed by atoms with Gasteiger partial charge in [0.2, 0.25) is 0 Å². The van der Waals surface area contributed by atoms with Gasteiger partial charge in [0.05, 0.1) is 0 Å². The van der Waals surface area contributed by atoms with Crippen LogP contribution in [0.3, 0.4) is 0 Å². The molecule has 0 radical (unpaired) electrons. The van der Waals surface area contributed by atoms with Crippen LogP contribution in [-0.4, -0.2) is 23.5 Å².